The van der Waals surface area contributed by atoms with Crippen molar-refractivity contribution in [3.8, 4) is 0 Å². The minimum absolute atomic E-state index is 0.213. The number of pyridine rings is 1. The topological polar surface area (TPSA) is 57.0 Å². The average Bonchev–Trinajstić information content (AvgIpc) is 2.41. The summed E-state index contributed by atoms with van der Waals surface area (Å²) in [4.78, 5) is 18.0. The molecular weight excluding hydrogens is 226 g/mol. The molecule has 1 fully saturated rings. The molecule has 4 heteroatoms. The third kappa shape index (κ3) is 3.53. The normalized spacial score (nSPS) is 16.8. The molecule has 0 unspecified atom stereocenters. The number of aromatic nitrogens is 1. The van der Waals surface area contributed by atoms with E-state index >= 15 is 0 Å². The van der Waals surface area contributed by atoms with Gasteiger partial charge in [0.05, 0.1) is 6.42 Å². The molecule has 0 aromatic carbocycles. The van der Waals surface area contributed by atoms with Gasteiger partial charge in [-0.05, 0) is 42.9 Å². The summed E-state index contributed by atoms with van der Waals surface area (Å²) in [7, 11) is 0. The minimum Gasteiger partial charge on any atom is -0.342 e. The molecule has 4 nitrogen and oxygen atoms in total. The van der Waals surface area contributed by atoms with Crippen molar-refractivity contribution in [2.24, 2.45) is 5.92 Å². The average molecular weight is 246 g/mol. The van der Waals surface area contributed by atoms with Crippen molar-refractivity contribution in [3.05, 3.63) is 30.1 Å². The van der Waals surface area contributed by atoms with Gasteiger partial charge < -0.3 is 4.90 Å². The third-order valence-electron chi connectivity index (χ3n) is 3.62. The highest BCUT2D eigenvalue weighted by molar-refractivity contribution is 5.78. The zero-order valence-corrected chi connectivity index (χ0v) is 10.6. The number of nitrogens with zero attached hydrogens (tertiary/aromatic N) is 2. The lowest BCUT2D eigenvalue weighted by Crippen LogP contribution is -2.39. The van der Waals surface area contributed by atoms with Crippen molar-refractivity contribution in [2.45, 2.75) is 25.7 Å². The van der Waals surface area contributed by atoms with Crippen LogP contribution >= 0.6 is 0 Å². The van der Waals surface area contributed by atoms with Gasteiger partial charge in [0.15, 0.2) is 0 Å². The lowest BCUT2D eigenvalue weighted by Gasteiger charge is -2.32. The van der Waals surface area contributed by atoms with Crippen molar-refractivity contribution in [1.82, 2.24) is 15.6 Å². The Balaban J connectivity index is 1.81. The zero-order valence-electron chi connectivity index (χ0n) is 10.6. The van der Waals surface area contributed by atoms with Crippen LogP contribution < -0.4 is 5.73 Å². The first kappa shape index (κ1) is 13.0. The Labute approximate surface area is 108 Å². The highest BCUT2D eigenvalue weighted by Crippen LogP contribution is 2.20. The number of hydrogen-bond donors (Lipinski definition) is 0. The molecule has 1 amide bonds. The zero-order chi connectivity index (χ0) is 12.8. The van der Waals surface area contributed by atoms with Gasteiger partial charge in [0, 0.05) is 32.0 Å². The number of amides is 1. The monoisotopic (exact) mass is 246 g/mol. The first-order valence-corrected chi connectivity index (χ1v) is 6.61. The number of rotatable bonds is 4. The van der Waals surface area contributed by atoms with Crippen LogP contribution in [0.25, 0.3) is 0 Å². The van der Waals surface area contributed by atoms with Gasteiger partial charge in [-0.1, -0.05) is 0 Å². The number of piperidine rings is 1. The fraction of sp³-hybridized carbons (Fsp3) is 0.571. The number of likely N-dealkylation sites (tertiary alicyclic amines) is 1. The smallest absolute Gasteiger partial charge is 0.226 e. The molecule has 0 aliphatic carbocycles. The van der Waals surface area contributed by atoms with Gasteiger partial charge in [-0.25, -0.2) is 0 Å². The number of nitrogens with one attached hydrogen (secondary N) is 1. The van der Waals surface area contributed by atoms with Crippen LogP contribution in [0.5, 0.6) is 0 Å². The summed E-state index contributed by atoms with van der Waals surface area (Å²) in [6.45, 7) is 2.22. The van der Waals surface area contributed by atoms with E-state index in [0.29, 0.717) is 18.9 Å². The maximum absolute atomic E-state index is 12.1. The Morgan fingerprint density at radius 3 is 2.61 bits per heavy atom. The van der Waals surface area contributed by atoms with Crippen LogP contribution in [0.2, 0.25) is 0 Å². The predicted molar refractivity (Wildman–Crippen MR) is 69.8 cm³/mol. The lowest BCUT2D eigenvalue weighted by molar-refractivity contribution is -0.131. The second kappa shape index (κ2) is 6.50. The SMILES string of the molecule is [NH]CCC1CCN(C(=O)Cc2ccncc2)CC1. The molecule has 1 aliphatic rings. The van der Waals surface area contributed by atoms with E-state index < -0.39 is 0 Å². The van der Waals surface area contributed by atoms with Crippen LogP contribution in [0.15, 0.2) is 24.5 Å². The summed E-state index contributed by atoms with van der Waals surface area (Å²) in [5, 5.41) is 0. The maximum atomic E-state index is 12.1. The Kier molecular flexibility index (Phi) is 4.70. The fourth-order valence-electron chi connectivity index (χ4n) is 2.46. The van der Waals surface area contributed by atoms with Crippen LogP contribution in [0.4, 0.5) is 0 Å². The Bertz CT molecular complexity index is 372. The van der Waals surface area contributed by atoms with E-state index in [1.165, 1.54) is 0 Å². The molecule has 0 atom stereocenters. The van der Waals surface area contributed by atoms with Gasteiger partial charge in [-0.2, -0.15) is 0 Å². The van der Waals surface area contributed by atoms with Gasteiger partial charge in [-0.15, -0.1) is 0 Å². The Morgan fingerprint density at radius 2 is 2.00 bits per heavy atom. The molecule has 1 saturated heterocycles. The van der Waals surface area contributed by atoms with Gasteiger partial charge in [0.25, 0.3) is 0 Å². The van der Waals surface area contributed by atoms with E-state index in [9.17, 15) is 4.79 Å². The van der Waals surface area contributed by atoms with Crippen molar-refractivity contribution in [1.29, 1.82) is 0 Å². The second-order valence-corrected chi connectivity index (χ2v) is 4.90. The predicted octanol–water partition coefficient (Wildman–Crippen LogP) is 1.54. The lowest BCUT2D eigenvalue weighted by atomic mass is 9.93. The second-order valence-electron chi connectivity index (χ2n) is 4.90. The molecule has 97 valence electrons. The Morgan fingerprint density at radius 1 is 1.33 bits per heavy atom. The van der Waals surface area contributed by atoms with E-state index in [2.05, 4.69) is 4.98 Å². The summed E-state index contributed by atoms with van der Waals surface area (Å²) in [5.41, 5.74) is 8.27. The molecule has 0 saturated carbocycles. The highest BCUT2D eigenvalue weighted by Gasteiger charge is 2.22. The van der Waals surface area contributed by atoms with Gasteiger partial charge in [0.1, 0.15) is 0 Å². The molecule has 0 spiro atoms. The minimum atomic E-state index is 0.213. The van der Waals surface area contributed by atoms with Crippen LogP contribution in [0.1, 0.15) is 24.8 Å². The first-order chi connectivity index (χ1) is 8.79. The van der Waals surface area contributed by atoms with Gasteiger partial charge in [0.2, 0.25) is 5.91 Å². The molecule has 1 N–H and O–H groups in total. The number of carbonyl (C=O) groups is 1. The van der Waals surface area contributed by atoms with Crippen LogP contribution in [0.3, 0.4) is 0 Å². The van der Waals surface area contributed by atoms with E-state index in [-0.39, 0.29) is 5.91 Å². The molecule has 1 aromatic rings. The molecule has 2 rings (SSSR count). The van der Waals surface area contributed by atoms with Gasteiger partial charge >= 0.3 is 0 Å². The maximum Gasteiger partial charge on any atom is 0.226 e. The Hall–Kier alpha value is -1.42. The summed E-state index contributed by atoms with van der Waals surface area (Å²) in [6, 6.07) is 3.79. The van der Waals surface area contributed by atoms with Crippen molar-refractivity contribution in [2.75, 3.05) is 19.6 Å². The van der Waals surface area contributed by atoms with Crippen LogP contribution in [-0.4, -0.2) is 35.4 Å². The number of hydrogen-bond acceptors (Lipinski definition) is 2. The summed E-state index contributed by atoms with van der Waals surface area (Å²) in [6.07, 6.45) is 7.02. The summed E-state index contributed by atoms with van der Waals surface area (Å²) in [5.74, 6) is 0.859. The van der Waals surface area contributed by atoms with Crippen LogP contribution in [-0.2, 0) is 11.2 Å². The molecule has 1 aromatic heterocycles. The largest absolute Gasteiger partial charge is 0.342 e. The molecule has 18 heavy (non-hydrogen) atoms. The molecule has 1 aliphatic heterocycles. The van der Waals surface area contributed by atoms with Crippen molar-refractivity contribution >= 4 is 5.91 Å². The molecule has 2 heterocycles. The number of carbonyl (C=O) groups excluding carboxylic acids is 1. The fourth-order valence-corrected chi connectivity index (χ4v) is 2.46. The van der Waals surface area contributed by atoms with Crippen LogP contribution in [0, 0.1) is 5.92 Å². The highest BCUT2D eigenvalue weighted by atomic mass is 16.2. The quantitative estimate of drug-likeness (QED) is 0.809. The first-order valence-electron chi connectivity index (χ1n) is 6.61. The molecule has 0 bridgehead atoms. The molecular formula is C14H20N3O. The standard InChI is InChI=1S/C14H20N3O/c15-6-1-12-4-9-17(10-5-12)14(18)11-13-2-7-16-8-3-13/h2-3,7-8,12,15H,1,4-6,9-11H2. The van der Waals surface area contributed by atoms with Gasteiger partial charge in [-0.3, -0.25) is 15.5 Å². The van der Waals surface area contributed by atoms with Crippen molar-refractivity contribution < 1.29 is 4.79 Å². The van der Waals surface area contributed by atoms with E-state index in [1.54, 1.807) is 12.4 Å². The van der Waals surface area contributed by atoms with E-state index in [4.69, 9.17) is 5.73 Å². The van der Waals surface area contributed by atoms with Crippen molar-refractivity contribution in [3.63, 3.8) is 0 Å². The van der Waals surface area contributed by atoms with E-state index in [0.717, 1.165) is 37.9 Å². The molecule has 1 radical (unpaired) electrons. The summed E-state index contributed by atoms with van der Waals surface area (Å²) >= 11 is 0. The third-order valence-corrected chi connectivity index (χ3v) is 3.62. The summed E-state index contributed by atoms with van der Waals surface area (Å²) < 4.78 is 0. The van der Waals surface area contributed by atoms with E-state index in [1.807, 2.05) is 17.0 Å².